The third-order valence-corrected chi connectivity index (χ3v) is 3.09. The van der Waals surface area contributed by atoms with E-state index < -0.39 is 0 Å². The average molecular weight is 276 g/mol. The zero-order valence-corrected chi connectivity index (χ0v) is 12.2. The molecule has 4 nitrogen and oxygen atoms in total. The van der Waals surface area contributed by atoms with Crippen molar-refractivity contribution in [1.82, 2.24) is 4.90 Å². The fourth-order valence-corrected chi connectivity index (χ4v) is 1.99. The van der Waals surface area contributed by atoms with Gasteiger partial charge < -0.3 is 14.7 Å². The van der Waals surface area contributed by atoms with Gasteiger partial charge in [-0.25, -0.2) is 0 Å². The van der Waals surface area contributed by atoms with Crippen LogP contribution in [0.2, 0.25) is 0 Å². The van der Waals surface area contributed by atoms with E-state index in [9.17, 15) is 0 Å². The lowest BCUT2D eigenvalue weighted by Gasteiger charge is -2.20. The number of nitriles is 1. The molecule has 0 aromatic heterocycles. The van der Waals surface area contributed by atoms with Crippen LogP contribution < -0.4 is 4.74 Å². The van der Waals surface area contributed by atoms with Crippen molar-refractivity contribution in [2.75, 3.05) is 32.8 Å². The van der Waals surface area contributed by atoms with Gasteiger partial charge in [-0.1, -0.05) is 19.4 Å². The Balaban J connectivity index is 2.26. The molecule has 4 heteroatoms. The molecule has 1 aromatic rings. The van der Waals surface area contributed by atoms with Gasteiger partial charge in [-0.15, -0.1) is 0 Å². The summed E-state index contributed by atoms with van der Waals surface area (Å²) in [6, 6.07) is 9.31. The Bertz CT molecular complexity index is 415. The van der Waals surface area contributed by atoms with E-state index in [2.05, 4.69) is 17.9 Å². The first-order valence-corrected chi connectivity index (χ1v) is 7.26. The molecular weight excluding hydrogens is 252 g/mol. The molecule has 1 rings (SSSR count). The molecule has 1 N–H and O–H groups in total. The summed E-state index contributed by atoms with van der Waals surface area (Å²) in [7, 11) is 0. The van der Waals surface area contributed by atoms with Crippen LogP contribution in [-0.2, 0) is 0 Å². The van der Waals surface area contributed by atoms with Crippen molar-refractivity contribution < 1.29 is 9.84 Å². The minimum Gasteiger partial charge on any atom is -0.494 e. The highest BCUT2D eigenvalue weighted by atomic mass is 16.5. The van der Waals surface area contributed by atoms with Crippen molar-refractivity contribution in [3.8, 4) is 11.8 Å². The summed E-state index contributed by atoms with van der Waals surface area (Å²) in [5.74, 6) is 0.742. The second-order valence-electron chi connectivity index (χ2n) is 4.76. The summed E-state index contributed by atoms with van der Waals surface area (Å²) in [4.78, 5) is 2.26. The number of benzene rings is 1. The fourth-order valence-electron chi connectivity index (χ4n) is 1.99. The number of aliphatic hydroxyl groups excluding tert-OH is 1. The smallest absolute Gasteiger partial charge is 0.120 e. The zero-order chi connectivity index (χ0) is 14.6. The third kappa shape index (κ3) is 6.55. The molecule has 0 heterocycles. The second kappa shape index (κ2) is 10.2. The molecule has 0 aliphatic heterocycles. The molecule has 0 spiro atoms. The Morgan fingerprint density at radius 2 is 2.05 bits per heavy atom. The number of ether oxygens (including phenoxy) is 1. The van der Waals surface area contributed by atoms with Gasteiger partial charge in [-0.3, -0.25) is 0 Å². The van der Waals surface area contributed by atoms with Crippen LogP contribution in [0.1, 0.15) is 31.7 Å². The van der Waals surface area contributed by atoms with Gasteiger partial charge in [0.25, 0.3) is 0 Å². The molecule has 20 heavy (non-hydrogen) atoms. The normalized spacial score (nSPS) is 10.5. The molecule has 0 aliphatic rings. The summed E-state index contributed by atoms with van der Waals surface area (Å²) < 4.78 is 5.64. The maximum absolute atomic E-state index is 9.02. The maximum Gasteiger partial charge on any atom is 0.120 e. The lowest BCUT2D eigenvalue weighted by Crippen LogP contribution is -2.29. The van der Waals surface area contributed by atoms with Gasteiger partial charge in [0.1, 0.15) is 5.75 Å². The van der Waals surface area contributed by atoms with E-state index in [1.807, 2.05) is 12.1 Å². The predicted octanol–water partition coefficient (Wildman–Crippen LogP) is 2.42. The van der Waals surface area contributed by atoms with E-state index in [-0.39, 0.29) is 6.61 Å². The van der Waals surface area contributed by atoms with Gasteiger partial charge in [0.05, 0.1) is 24.8 Å². The Morgan fingerprint density at radius 3 is 2.75 bits per heavy atom. The summed E-state index contributed by atoms with van der Waals surface area (Å²) in [6.07, 6.45) is 3.24. The third-order valence-electron chi connectivity index (χ3n) is 3.09. The summed E-state index contributed by atoms with van der Waals surface area (Å²) >= 11 is 0. The van der Waals surface area contributed by atoms with Crippen LogP contribution in [0.15, 0.2) is 24.3 Å². The van der Waals surface area contributed by atoms with E-state index in [0.29, 0.717) is 12.2 Å². The lowest BCUT2D eigenvalue weighted by molar-refractivity contribution is 0.181. The summed E-state index contributed by atoms with van der Waals surface area (Å²) in [5, 5.41) is 17.8. The highest BCUT2D eigenvalue weighted by molar-refractivity contribution is 5.36. The summed E-state index contributed by atoms with van der Waals surface area (Å²) in [5.41, 5.74) is 0.618. The van der Waals surface area contributed by atoms with Crippen molar-refractivity contribution in [2.24, 2.45) is 0 Å². The van der Waals surface area contributed by atoms with Crippen LogP contribution in [0, 0.1) is 11.3 Å². The number of rotatable bonds is 10. The van der Waals surface area contributed by atoms with Crippen molar-refractivity contribution in [2.45, 2.75) is 26.2 Å². The Labute approximate surface area is 121 Å². The van der Waals surface area contributed by atoms with Gasteiger partial charge in [-0.2, -0.15) is 5.26 Å². The molecule has 0 fully saturated rings. The van der Waals surface area contributed by atoms with Crippen LogP contribution in [-0.4, -0.2) is 42.9 Å². The van der Waals surface area contributed by atoms with Crippen LogP contribution in [0.4, 0.5) is 0 Å². The maximum atomic E-state index is 9.02. The van der Waals surface area contributed by atoms with Crippen LogP contribution in [0.5, 0.6) is 5.75 Å². The quantitative estimate of drug-likeness (QED) is 0.667. The Hall–Kier alpha value is -1.57. The van der Waals surface area contributed by atoms with E-state index in [4.69, 9.17) is 15.1 Å². The molecule has 110 valence electrons. The molecule has 0 unspecified atom stereocenters. The molecule has 0 bridgehead atoms. The second-order valence-corrected chi connectivity index (χ2v) is 4.76. The molecule has 0 saturated heterocycles. The van der Waals surface area contributed by atoms with E-state index >= 15 is 0 Å². The van der Waals surface area contributed by atoms with Gasteiger partial charge >= 0.3 is 0 Å². The van der Waals surface area contributed by atoms with Gasteiger partial charge in [0.2, 0.25) is 0 Å². The highest BCUT2D eigenvalue weighted by Crippen LogP contribution is 2.12. The van der Waals surface area contributed by atoms with E-state index in [0.717, 1.165) is 38.2 Å². The SMILES string of the molecule is CCCCN(CCO)CCCOc1cccc(C#N)c1. The minimum absolute atomic E-state index is 0.203. The zero-order valence-electron chi connectivity index (χ0n) is 12.2. The largest absolute Gasteiger partial charge is 0.494 e. The first-order valence-electron chi connectivity index (χ1n) is 7.26. The van der Waals surface area contributed by atoms with Crippen LogP contribution in [0.25, 0.3) is 0 Å². The standard InChI is InChI=1S/C16H24N2O2/c1-2-3-8-18(10-11-19)9-5-12-20-16-7-4-6-15(13-16)14-17/h4,6-7,13,19H,2-3,5,8-12H2,1H3. The topological polar surface area (TPSA) is 56.5 Å². The number of nitrogens with zero attached hydrogens (tertiary/aromatic N) is 2. The minimum atomic E-state index is 0.203. The molecule has 0 aliphatic carbocycles. The molecule has 0 saturated carbocycles. The molecule has 0 atom stereocenters. The molecular formula is C16H24N2O2. The van der Waals surface area contributed by atoms with E-state index in [1.54, 1.807) is 12.1 Å². The first-order chi connectivity index (χ1) is 9.80. The fraction of sp³-hybridized carbons (Fsp3) is 0.562. The Morgan fingerprint density at radius 1 is 1.25 bits per heavy atom. The highest BCUT2D eigenvalue weighted by Gasteiger charge is 2.03. The lowest BCUT2D eigenvalue weighted by atomic mass is 10.2. The van der Waals surface area contributed by atoms with Crippen molar-refractivity contribution in [3.05, 3.63) is 29.8 Å². The van der Waals surface area contributed by atoms with Gasteiger partial charge in [0, 0.05) is 13.1 Å². The van der Waals surface area contributed by atoms with E-state index in [1.165, 1.54) is 6.42 Å². The van der Waals surface area contributed by atoms with Gasteiger partial charge in [-0.05, 0) is 37.6 Å². The number of aliphatic hydroxyl groups is 1. The van der Waals surface area contributed by atoms with Crippen LogP contribution in [0.3, 0.4) is 0 Å². The van der Waals surface area contributed by atoms with Crippen molar-refractivity contribution in [3.63, 3.8) is 0 Å². The Kier molecular flexibility index (Phi) is 8.44. The van der Waals surface area contributed by atoms with Crippen LogP contribution >= 0.6 is 0 Å². The summed E-state index contributed by atoms with van der Waals surface area (Å²) in [6.45, 7) is 5.68. The first kappa shape index (κ1) is 16.5. The number of unbranched alkanes of at least 4 members (excludes halogenated alkanes) is 1. The van der Waals surface area contributed by atoms with Gasteiger partial charge in [0.15, 0.2) is 0 Å². The molecule has 0 radical (unpaired) electrons. The van der Waals surface area contributed by atoms with Crippen molar-refractivity contribution >= 4 is 0 Å². The number of hydrogen-bond acceptors (Lipinski definition) is 4. The predicted molar refractivity (Wildman–Crippen MR) is 79.7 cm³/mol. The average Bonchev–Trinajstić information content (AvgIpc) is 2.49. The molecule has 0 amide bonds. The number of hydrogen-bond donors (Lipinski definition) is 1. The monoisotopic (exact) mass is 276 g/mol. The molecule has 1 aromatic carbocycles. The van der Waals surface area contributed by atoms with Crippen molar-refractivity contribution in [1.29, 1.82) is 5.26 Å².